The van der Waals surface area contributed by atoms with Crippen LogP contribution in [0.15, 0.2) is 85.1 Å². The van der Waals surface area contributed by atoms with E-state index >= 15 is 0 Å². The van der Waals surface area contributed by atoms with Crippen LogP contribution in [-0.2, 0) is 17.1 Å². The second-order valence-electron chi connectivity index (χ2n) is 2.92. The van der Waals surface area contributed by atoms with E-state index in [4.69, 9.17) is 0 Å². The molecule has 2 aliphatic carbocycles. The smallest absolute Gasteiger partial charge is 0.184 e. The van der Waals surface area contributed by atoms with Gasteiger partial charge in [0.2, 0.25) is 0 Å². The van der Waals surface area contributed by atoms with Crippen LogP contribution in [-0.4, -0.2) is 0 Å². The molecule has 0 aromatic carbocycles. The molecule has 0 aromatic rings. The summed E-state index contributed by atoms with van der Waals surface area (Å²) >= 11 is 0. The predicted molar refractivity (Wildman–Crippen MR) is 70.5 cm³/mol. The molecule has 0 radical (unpaired) electrons. The van der Waals surface area contributed by atoms with Gasteiger partial charge in [0.25, 0.3) is 0 Å². The number of rotatable bonds is 0. The van der Waals surface area contributed by atoms with Crippen molar-refractivity contribution >= 4 is 0 Å². The normalized spacial score (nSPS) is 15.1. The summed E-state index contributed by atoms with van der Waals surface area (Å²) in [6.07, 6.45) is 33.0. The van der Waals surface area contributed by atoms with Crippen LogP contribution >= 0.6 is 0 Å². The van der Waals surface area contributed by atoms with E-state index < -0.39 is 0 Å². The Morgan fingerprint density at radius 1 is 0.412 bits per heavy atom. The first-order chi connectivity index (χ1) is 8.00. The van der Waals surface area contributed by atoms with Crippen molar-refractivity contribution < 1.29 is 17.1 Å². The van der Waals surface area contributed by atoms with Crippen LogP contribution < -0.4 is 0 Å². The fraction of sp³-hybridized carbons (Fsp3) is 0. The first-order valence-electron chi connectivity index (χ1n) is 5.15. The molecule has 0 spiro atoms. The monoisotopic (exact) mass is 262 g/mol. The van der Waals surface area contributed by atoms with Gasteiger partial charge in [0, 0.05) is 0 Å². The largest absolute Gasteiger partial charge is 2.00 e. The molecular formula is C16H14Fe. The van der Waals surface area contributed by atoms with E-state index in [1.807, 2.05) is 85.1 Å². The Balaban J connectivity index is 0.000000284. The van der Waals surface area contributed by atoms with Crippen LogP contribution in [0, 0.1) is 12.2 Å². The van der Waals surface area contributed by atoms with E-state index in [9.17, 15) is 0 Å². The topological polar surface area (TPSA) is 0 Å². The molecule has 0 unspecified atom stereocenters. The Bertz CT molecular complexity index is 247. The summed E-state index contributed by atoms with van der Waals surface area (Å²) in [5, 5.41) is 0. The minimum Gasteiger partial charge on any atom is -0.184 e. The summed E-state index contributed by atoms with van der Waals surface area (Å²) in [5.41, 5.74) is 0. The minimum atomic E-state index is 0. The second-order valence-corrected chi connectivity index (χ2v) is 2.92. The Morgan fingerprint density at radius 2 is 0.765 bits per heavy atom. The van der Waals surface area contributed by atoms with E-state index in [2.05, 4.69) is 12.2 Å². The number of allylic oxidation sites excluding steroid dienone is 16. The van der Waals surface area contributed by atoms with Crippen LogP contribution in [0.5, 0.6) is 0 Å². The summed E-state index contributed by atoms with van der Waals surface area (Å²) in [6, 6.07) is 0. The van der Waals surface area contributed by atoms with E-state index in [1.54, 1.807) is 0 Å². The van der Waals surface area contributed by atoms with Crippen LogP contribution in [0.3, 0.4) is 0 Å². The molecule has 0 heterocycles. The summed E-state index contributed by atoms with van der Waals surface area (Å²) in [5.74, 6) is 0. The molecule has 0 nitrogen and oxygen atoms in total. The zero-order valence-electron chi connectivity index (χ0n) is 9.44. The third kappa shape index (κ3) is 10.7. The van der Waals surface area contributed by atoms with E-state index in [1.165, 1.54) is 0 Å². The van der Waals surface area contributed by atoms with Gasteiger partial charge >= 0.3 is 17.1 Å². The Morgan fingerprint density at radius 3 is 1.24 bits per heavy atom. The Labute approximate surface area is 114 Å². The molecule has 0 bridgehead atoms. The molecule has 86 valence electrons. The third-order valence-electron chi connectivity index (χ3n) is 1.66. The fourth-order valence-corrected chi connectivity index (χ4v) is 0.940. The maximum Gasteiger partial charge on any atom is 2.00 e. The molecule has 1 heteroatoms. The van der Waals surface area contributed by atoms with Crippen LogP contribution in [0.25, 0.3) is 0 Å². The first-order valence-corrected chi connectivity index (χ1v) is 5.15. The van der Waals surface area contributed by atoms with Gasteiger partial charge < -0.3 is 0 Å². The van der Waals surface area contributed by atoms with E-state index in [-0.39, 0.29) is 17.1 Å². The van der Waals surface area contributed by atoms with Crippen molar-refractivity contribution in [2.24, 2.45) is 0 Å². The average molecular weight is 262 g/mol. The molecule has 0 amide bonds. The van der Waals surface area contributed by atoms with Crippen molar-refractivity contribution in [2.75, 3.05) is 0 Å². The van der Waals surface area contributed by atoms with Crippen LogP contribution in [0.2, 0.25) is 0 Å². The Hall–Kier alpha value is -1.56. The second kappa shape index (κ2) is 12.5. The summed E-state index contributed by atoms with van der Waals surface area (Å²) < 4.78 is 0. The summed E-state index contributed by atoms with van der Waals surface area (Å²) in [7, 11) is 0. The van der Waals surface area contributed by atoms with Crippen molar-refractivity contribution in [3.05, 3.63) is 97.2 Å². The molecular weight excluding hydrogens is 248 g/mol. The molecule has 0 saturated carbocycles. The predicted octanol–water partition coefficient (Wildman–Crippen LogP) is 4.05. The Kier molecular flexibility index (Phi) is 11.4. The minimum absolute atomic E-state index is 0. The number of hydrogen-bond donors (Lipinski definition) is 0. The zero-order valence-corrected chi connectivity index (χ0v) is 10.5. The van der Waals surface area contributed by atoms with Crippen molar-refractivity contribution in [1.82, 2.24) is 0 Å². The van der Waals surface area contributed by atoms with Crippen LogP contribution in [0.4, 0.5) is 0 Å². The van der Waals surface area contributed by atoms with Gasteiger partial charge in [-0.1, -0.05) is 12.2 Å². The van der Waals surface area contributed by atoms with Crippen molar-refractivity contribution in [1.29, 1.82) is 0 Å². The molecule has 0 aromatic heterocycles. The molecule has 0 aliphatic heterocycles. The maximum atomic E-state index is 2.94. The van der Waals surface area contributed by atoms with E-state index in [0.29, 0.717) is 0 Å². The van der Waals surface area contributed by atoms with Gasteiger partial charge in [-0.3, -0.25) is 0 Å². The molecule has 17 heavy (non-hydrogen) atoms. The average Bonchev–Trinajstić information content (AvgIpc) is 2.15. The zero-order chi connectivity index (χ0) is 11.3. The van der Waals surface area contributed by atoms with Crippen molar-refractivity contribution in [2.45, 2.75) is 0 Å². The molecule has 2 aliphatic rings. The molecule has 0 N–H and O–H groups in total. The van der Waals surface area contributed by atoms with Gasteiger partial charge in [-0.05, 0) is 0 Å². The number of hydrogen-bond acceptors (Lipinski definition) is 0. The van der Waals surface area contributed by atoms with Crippen molar-refractivity contribution in [3.8, 4) is 0 Å². The first kappa shape index (κ1) is 15.4. The van der Waals surface area contributed by atoms with Gasteiger partial charge in [-0.25, -0.2) is 0 Å². The fourth-order valence-electron chi connectivity index (χ4n) is 0.940. The summed E-state index contributed by atoms with van der Waals surface area (Å²) in [6.45, 7) is 0. The van der Waals surface area contributed by atoms with Gasteiger partial charge in [0.1, 0.15) is 0 Å². The third-order valence-corrected chi connectivity index (χ3v) is 1.66. The summed E-state index contributed by atoms with van der Waals surface area (Å²) in [4.78, 5) is 0. The van der Waals surface area contributed by atoms with Gasteiger partial charge in [0.05, 0.1) is 0 Å². The van der Waals surface area contributed by atoms with E-state index in [0.717, 1.165) is 0 Å². The van der Waals surface area contributed by atoms with Crippen molar-refractivity contribution in [3.63, 3.8) is 0 Å². The maximum absolute atomic E-state index is 2.94. The SMILES string of the molecule is [C-]1=CC=CC=CC=C1.[C-]1=CC=CC=CC=C1.[Fe+2]. The van der Waals surface area contributed by atoms with Gasteiger partial charge in [0.15, 0.2) is 0 Å². The molecule has 0 saturated heterocycles. The molecule has 2 rings (SSSR count). The van der Waals surface area contributed by atoms with Gasteiger partial charge in [-0.15, -0.1) is 24.3 Å². The standard InChI is InChI=1S/2C8H7.Fe/c2*1-2-4-6-8-7-5-3-1;/h2*1-7H;/q2*-1;+2. The molecule has 0 fully saturated rings. The van der Waals surface area contributed by atoms with Gasteiger partial charge in [-0.2, -0.15) is 60.8 Å². The van der Waals surface area contributed by atoms with Crippen LogP contribution in [0.1, 0.15) is 0 Å². The molecule has 0 atom stereocenters. The quantitative estimate of drug-likeness (QED) is 0.456.